The average Bonchev–Trinajstić information content (AvgIpc) is 2.98. The minimum Gasteiger partial charge on any atom is -0.356 e. The number of benzene rings is 1. The van der Waals surface area contributed by atoms with Crippen molar-refractivity contribution in [1.82, 2.24) is 14.7 Å². The number of rotatable bonds is 3. The zero-order chi connectivity index (χ0) is 11.7. The molecule has 0 spiro atoms. The maximum absolute atomic E-state index is 5.29. The zero-order valence-electron chi connectivity index (χ0n) is 9.58. The fraction of sp³-hybridized carbons (Fsp3) is 0.231. The van der Waals surface area contributed by atoms with E-state index in [-0.39, 0.29) is 0 Å². The lowest BCUT2D eigenvalue weighted by Crippen LogP contribution is -2.06. The fourth-order valence-corrected chi connectivity index (χ4v) is 2.00. The molecule has 4 heteroatoms. The van der Waals surface area contributed by atoms with Crippen molar-refractivity contribution in [1.29, 1.82) is 0 Å². The van der Waals surface area contributed by atoms with E-state index in [1.54, 1.807) is 6.20 Å². The molecule has 0 amide bonds. The van der Waals surface area contributed by atoms with E-state index >= 15 is 0 Å². The van der Waals surface area contributed by atoms with Crippen molar-refractivity contribution in [3.63, 3.8) is 0 Å². The van der Waals surface area contributed by atoms with Crippen LogP contribution in [0.5, 0.6) is 0 Å². The Labute approximate surface area is 98.9 Å². The monoisotopic (exact) mass is 227 g/mol. The van der Waals surface area contributed by atoms with Crippen LogP contribution in [0.15, 0.2) is 47.5 Å². The Morgan fingerprint density at radius 2 is 2.24 bits per heavy atom. The summed E-state index contributed by atoms with van der Waals surface area (Å²) in [5.74, 6) is 0. The lowest BCUT2D eigenvalue weighted by atomic mass is 10.1. The number of aromatic nitrogens is 3. The van der Waals surface area contributed by atoms with Crippen molar-refractivity contribution < 1.29 is 4.52 Å². The highest BCUT2D eigenvalue weighted by Gasteiger charge is 2.12. The lowest BCUT2D eigenvalue weighted by molar-refractivity contribution is 0.433. The smallest absolute Gasteiger partial charge is 0.167 e. The zero-order valence-corrected chi connectivity index (χ0v) is 9.58. The summed E-state index contributed by atoms with van der Waals surface area (Å²) in [5, 5.41) is 5.23. The van der Waals surface area contributed by atoms with Crippen LogP contribution in [0.3, 0.4) is 0 Å². The largest absolute Gasteiger partial charge is 0.356 e. The SMILES string of the molecule is CC(Cc1noc2ccccc12)n1ccnc1. The van der Waals surface area contributed by atoms with Gasteiger partial charge in [0.25, 0.3) is 0 Å². The van der Waals surface area contributed by atoms with Crippen LogP contribution < -0.4 is 0 Å². The fourth-order valence-electron chi connectivity index (χ4n) is 2.00. The number of hydrogen-bond acceptors (Lipinski definition) is 3. The van der Waals surface area contributed by atoms with E-state index in [2.05, 4.69) is 21.6 Å². The van der Waals surface area contributed by atoms with Gasteiger partial charge in [-0.2, -0.15) is 0 Å². The van der Waals surface area contributed by atoms with Gasteiger partial charge in [0.05, 0.1) is 12.0 Å². The van der Waals surface area contributed by atoms with Crippen LogP contribution in [0, 0.1) is 0 Å². The molecule has 4 nitrogen and oxygen atoms in total. The highest BCUT2D eigenvalue weighted by atomic mass is 16.5. The van der Waals surface area contributed by atoms with Crippen LogP contribution >= 0.6 is 0 Å². The number of imidazole rings is 1. The standard InChI is InChI=1S/C13H13N3O/c1-10(16-7-6-14-9-16)8-12-11-4-2-3-5-13(11)17-15-12/h2-7,9-10H,8H2,1H3. The Bertz CT molecular complexity index is 612. The number of para-hydroxylation sites is 1. The Hall–Kier alpha value is -2.10. The number of fused-ring (bicyclic) bond motifs is 1. The van der Waals surface area contributed by atoms with E-state index in [1.165, 1.54) is 0 Å². The van der Waals surface area contributed by atoms with E-state index in [9.17, 15) is 0 Å². The molecule has 86 valence electrons. The van der Waals surface area contributed by atoms with E-state index < -0.39 is 0 Å². The van der Waals surface area contributed by atoms with Crippen LogP contribution in [-0.4, -0.2) is 14.7 Å². The first kappa shape index (κ1) is 10.1. The summed E-state index contributed by atoms with van der Waals surface area (Å²) in [6.45, 7) is 2.14. The summed E-state index contributed by atoms with van der Waals surface area (Å²) in [5.41, 5.74) is 1.85. The molecule has 0 bridgehead atoms. The molecule has 1 aromatic carbocycles. The van der Waals surface area contributed by atoms with Crippen LogP contribution in [0.4, 0.5) is 0 Å². The van der Waals surface area contributed by atoms with Crippen molar-refractivity contribution in [3.8, 4) is 0 Å². The maximum atomic E-state index is 5.29. The Balaban J connectivity index is 1.90. The molecule has 0 radical (unpaired) electrons. The highest BCUT2D eigenvalue weighted by Crippen LogP contribution is 2.21. The van der Waals surface area contributed by atoms with Crippen molar-refractivity contribution in [2.24, 2.45) is 0 Å². The van der Waals surface area contributed by atoms with Gasteiger partial charge < -0.3 is 9.09 Å². The molecule has 1 atom stereocenters. The molecule has 2 heterocycles. The van der Waals surface area contributed by atoms with E-state index in [1.807, 2.05) is 36.8 Å². The summed E-state index contributed by atoms with van der Waals surface area (Å²) in [4.78, 5) is 4.05. The number of nitrogens with zero attached hydrogens (tertiary/aromatic N) is 3. The second-order valence-electron chi connectivity index (χ2n) is 4.19. The molecule has 0 fully saturated rings. The molecule has 0 N–H and O–H groups in total. The Morgan fingerprint density at radius 1 is 1.35 bits per heavy atom. The second kappa shape index (κ2) is 4.05. The normalized spacial score (nSPS) is 13.0. The first-order chi connectivity index (χ1) is 8.34. The molecule has 3 aromatic rings. The van der Waals surface area contributed by atoms with Gasteiger partial charge in [0.2, 0.25) is 0 Å². The minimum absolute atomic E-state index is 0.325. The third-order valence-corrected chi connectivity index (χ3v) is 2.97. The van der Waals surface area contributed by atoms with Crippen molar-refractivity contribution in [3.05, 3.63) is 48.7 Å². The van der Waals surface area contributed by atoms with Crippen molar-refractivity contribution in [2.45, 2.75) is 19.4 Å². The van der Waals surface area contributed by atoms with Gasteiger partial charge in [-0.1, -0.05) is 17.3 Å². The first-order valence-electron chi connectivity index (χ1n) is 5.65. The summed E-state index contributed by atoms with van der Waals surface area (Å²) < 4.78 is 7.37. The molecule has 3 rings (SSSR count). The summed E-state index contributed by atoms with van der Waals surface area (Å²) in [6, 6.07) is 8.27. The van der Waals surface area contributed by atoms with Crippen LogP contribution in [0.1, 0.15) is 18.7 Å². The minimum atomic E-state index is 0.325. The first-order valence-corrected chi connectivity index (χ1v) is 5.65. The molecule has 17 heavy (non-hydrogen) atoms. The van der Waals surface area contributed by atoms with Crippen molar-refractivity contribution in [2.75, 3.05) is 0 Å². The third-order valence-electron chi connectivity index (χ3n) is 2.97. The molecule has 0 saturated heterocycles. The van der Waals surface area contributed by atoms with Gasteiger partial charge in [0.1, 0.15) is 0 Å². The molecule has 1 unspecified atom stereocenters. The van der Waals surface area contributed by atoms with Crippen LogP contribution in [-0.2, 0) is 6.42 Å². The van der Waals surface area contributed by atoms with Gasteiger partial charge in [0, 0.05) is 30.2 Å². The Kier molecular flexibility index (Phi) is 2.40. The second-order valence-corrected chi connectivity index (χ2v) is 4.19. The van der Waals surface area contributed by atoms with Gasteiger partial charge in [-0.3, -0.25) is 0 Å². The van der Waals surface area contributed by atoms with Gasteiger partial charge in [0.15, 0.2) is 5.58 Å². The predicted molar refractivity (Wildman–Crippen MR) is 64.7 cm³/mol. The van der Waals surface area contributed by atoms with Gasteiger partial charge >= 0.3 is 0 Å². The van der Waals surface area contributed by atoms with Gasteiger partial charge in [-0.15, -0.1) is 0 Å². The van der Waals surface area contributed by atoms with E-state index in [0.717, 1.165) is 23.1 Å². The predicted octanol–water partition coefficient (Wildman–Crippen LogP) is 2.83. The van der Waals surface area contributed by atoms with Crippen LogP contribution in [0.25, 0.3) is 11.0 Å². The molecular formula is C13H13N3O. The highest BCUT2D eigenvalue weighted by molar-refractivity contribution is 5.79. The molecule has 0 aliphatic heterocycles. The van der Waals surface area contributed by atoms with E-state index in [0.29, 0.717) is 6.04 Å². The van der Waals surface area contributed by atoms with Crippen LogP contribution in [0.2, 0.25) is 0 Å². The van der Waals surface area contributed by atoms with Gasteiger partial charge in [-0.25, -0.2) is 4.98 Å². The molecule has 0 aliphatic rings. The summed E-state index contributed by atoms with van der Waals surface area (Å²) >= 11 is 0. The molecule has 0 saturated carbocycles. The molecule has 0 aliphatic carbocycles. The summed E-state index contributed by atoms with van der Waals surface area (Å²) in [7, 11) is 0. The third kappa shape index (κ3) is 1.82. The topological polar surface area (TPSA) is 43.9 Å². The number of hydrogen-bond donors (Lipinski definition) is 0. The van der Waals surface area contributed by atoms with Gasteiger partial charge in [-0.05, 0) is 19.1 Å². The van der Waals surface area contributed by atoms with E-state index in [4.69, 9.17) is 4.52 Å². The van der Waals surface area contributed by atoms with Crippen molar-refractivity contribution >= 4 is 11.0 Å². The molecular weight excluding hydrogens is 214 g/mol. The Morgan fingerprint density at radius 3 is 3.06 bits per heavy atom. The summed E-state index contributed by atoms with van der Waals surface area (Å²) in [6.07, 6.45) is 6.42. The lowest BCUT2D eigenvalue weighted by Gasteiger charge is -2.10. The average molecular weight is 227 g/mol. The maximum Gasteiger partial charge on any atom is 0.167 e. The molecule has 2 aromatic heterocycles. The quantitative estimate of drug-likeness (QED) is 0.691.